The molecule has 3 aliphatic rings. The molecule has 144 valence electrons. The zero-order valence-corrected chi connectivity index (χ0v) is 16.2. The van der Waals surface area contributed by atoms with Crippen molar-refractivity contribution in [3.05, 3.63) is 23.8 Å². The van der Waals surface area contributed by atoms with Gasteiger partial charge in [0.05, 0.1) is 17.5 Å². The summed E-state index contributed by atoms with van der Waals surface area (Å²) in [6.45, 7) is 4.86. The maximum absolute atomic E-state index is 12.8. The van der Waals surface area contributed by atoms with Crippen LogP contribution in [0.4, 0.5) is 5.69 Å². The summed E-state index contributed by atoms with van der Waals surface area (Å²) in [5, 5.41) is 5.75. The Morgan fingerprint density at radius 3 is 2.67 bits per heavy atom. The number of amides is 3. The van der Waals surface area contributed by atoms with Gasteiger partial charge in [-0.15, -0.1) is 11.8 Å². The van der Waals surface area contributed by atoms with Crippen LogP contribution in [0, 0.1) is 0 Å². The van der Waals surface area contributed by atoms with Gasteiger partial charge in [0.1, 0.15) is 0 Å². The van der Waals surface area contributed by atoms with Gasteiger partial charge in [-0.25, -0.2) is 0 Å². The van der Waals surface area contributed by atoms with Gasteiger partial charge in [-0.1, -0.05) is 0 Å². The predicted molar refractivity (Wildman–Crippen MR) is 104 cm³/mol. The van der Waals surface area contributed by atoms with Crippen LogP contribution in [0.5, 0.6) is 0 Å². The molecule has 1 aromatic rings. The number of carbonyl (C=O) groups is 3. The number of hydrogen-bond donors (Lipinski definition) is 2. The minimum absolute atomic E-state index is 0.0299. The third-order valence-electron chi connectivity index (χ3n) is 5.13. The van der Waals surface area contributed by atoms with Crippen molar-refractivity contribution in [2.24, 2.45) is 0 Å². The quantitative estimate of drug-likeness (QED) is 0.809. The molecule has 2 N–H and O–H groups in total. The number of thioether (sulfide) groups is 1. The Morgan fingerprint density at radius 2 is 1.96 bits per heavy atom. The van der Waals surface area contributed by atoms with Crippen molar-refractivity contribution in [3.63, 3.8) is 0 Å². The molecule has 1 saturated heterocycles. The number of benzene rings is 1. The maximum Gasteiger partial charge on any atom is 0.254 e. The molecular formula is C19H24N4O3S. The fourth-order valence-corrected chi connectivity index (χ4v) is 4.27. The number of rotatable bonds is 4. The van der Waals surface area contributed by atoms with Crippen LogP contribution in [0.2, 0.25) is 0 Å². The van der Waals surface area contributed by atoms with E-state index in [1.165, 1.54) is 11.8 Å². The number of carbonyl (C=O) groups excluding carboxylic acids is 3. The lowest BCUT2D eigenvalue weighted by atomic mass is 10.1. The van der Waals surface area contributed by atoms with Crippen LogP contribution in [0.3, 0.4) is 0 Å². The second-order valence-electron chi connectivity index (χ2n) is 7.37. The van der Waals surface area contributed by atoms with Crippen molar-refractivity contribution in [3.8, 4) is 0 Å². The van der Waals surface area contributed by atoms with Crippen molar-refractivity contribution >= 4 is 35.2 Å². The lowest BCUT2D eigenvalue weighted by molar-refractivity contribution is -0.122. The highest BCUT2D eigenvalue weighted by Gasteiger charge is 2.28. The fourth-order valence-electron chi connectivity index (χ4n) is 3.34. The first-order valence-electron chi connectivity index (χ1n) is 9.42. The van der Waals surface area contributed by atoms with Gasteiger partial charge in [-0.3, -0.25) is 19.3 Å². The molecule has 1 aromatic carbocycles. The second kappa shape index (κ2) is 7.52. The number of hydrogen-bond acceptors (Lipinski definition) is 5. The fraction of sp³-hybridized carbons (Fsp3) is 0.526. The smallest absolute Gasteiger partial charge is 0.254 e. The molecule has 2 heterocycles. The third kappa shape index (κ3) is 4.27. The Morgan fingerprint density at radius 1 is 1.22 bits per heavy atom. The molecule has 0 bridgehead atoms. The largest absolute Gasteiger partial charge is 0.352 e. The second-order valence-corrected chi connectivity index (χ2v) is 8.75. The molecule has 1 saturated carbocycles. The minimum atomic E-state index is -0.121. The zero-order chi connectivity index (χ0) is 19.0. The monoisotopic (exact) mass is 388 g/mol. The number of piperazine rings is 1. The molecular weight excluding hydrogens is 364 g/mol. The van der Waals surface area contributed by atoms with Gasteiger partial charge in [-0.2, -0.15) is 0 Å². The van der Waals surface area contributed by atoms with E-state index in [4.69, 9.17) is 0 Å². The van der Waals surface area contributed by atoms with Crippen LogP contribution >= 0.6 is 11.8 Å². The molecule has 2 aliphatic heterocycles. The van der Waals surface area contributed by atoms with E-state index in [0.717, 1.165) is 17.7 Å². The Hall–Kier alpha value is -2.06. The Balaban J connectivity index is 1.33. The predicted octanol–water partition coefficient (Wildman–Crippen LogP) is 1.16. The van der Waals surface area contributed by atoms with Gasteiger partial charge in [0, 0.05) is 42.7 Å². The maximum atomic E-state index is 12.8. The van der Waals surface area contributed by atoms with E-state index in [-0.39, 0.29) is 23.0 Å². The van der Waals surface area contributed by atoms with Crippen LogP contribution in [0.1, 0.15) is 30.1 Å². The molecule has 0 spiro atoms. The SMILES string of the molecule is C[C@@H]1Sc2ccc(C(=O)N3CCN(CC(=O)NC4CC4)CC3)cc2NC1=O. The number of nitrogens with zero attached hydrogens (tertiary/aromatic N) is 2. The summed E-state index contributed by atoms with van der Waals surface area (Å²) >= 11 is 1.51. The van der Waals surface area contributed by atoms with Gasteiger partial charge >= 0.3 is 0 Å². The van der Waals surface area contributed by atoms with Crippen molar-refractivity contribution < 1.29 is 14.4 Å². The van der Waals surface area contributed by atoms with Crippen molar-refractivity contribution in [2.75, 3.05) is 38.0 Å². The van der Waals surface area contributed by atoms with E-state index in [2.05, 4.69) is 15.5 Å². The summed E-state index contributed by atoms with van der Waals surface area (Å²) in [5.41, 5.74) is 1.30. The van der Waals surface area contributed by atoms with Gasteiger partial charge in [0.25, 0.3) is 5.91 Å². The highest BCUT2D eigenvalue weighted by atomic mass is 32.2. The molecule has 8 heteroatoms. The molecule has 7 nitrogen and oxygen atoms in total. The van der Waals surface area contributed by atoms with E-state index in [0.29, 0.717) is 50.0 Å². The van der Waals surface area contributed by atoms with E-state index < -0.39 is 0 Å². The summed E-state index contributed by atoms with van der Waals surface area (Å²) < 4.78 is 0. The number of fused-ring (bicyclic) bond motifs is 1. The van der Waals surface area contributed by atoms with Gasteiger partial charge in [0.15, 0.2) is 0 Å². The van der Waals surface area contributed by atoms with Crippen molar-refractivity contribution in [2.45, 2.75) is 36.0 Å². The lowest BCUT2D eigenvalue weighted by Crippen LogP contribution is -2.51. The van der Waals surface area contributed by atoms with Gasteiger partial charge in [0.2, 0.25) is 11.8 Å². The highest BCUT2D eigenvalue weighted by Crippen LogP contribution is 2.36. The highest BCUT2D eigenvalue weighted by molar-refractivity contribution is 8.00. The average Bonchev–Trinajstić information content (AvgIpc) is 3.46. The summed E-state index contributed by atoms with van der Waals surface area (Å²) in [6.07, 6.45) is 2.18. The number of nitrogens with one attached hydrogen (secondary N) is 2. The first-order valence-corrected chi connectivity index (χ1v) is 10.3. The van der Waals surface area contributed by atoms with Crippen LogP contribution < -0.4 is 10.6 Å². The summed E-state index contributed by atoms with van der Waals surface area (Å²) in [5.74, 6) is 0.0161. The molecule has 27 heavy (non-hydrogen) atoms. The summed E-state index contributed by atoms with van der Waals surface area (Å²) in [7, 11) is 0. The van der Waals surface area contributed by atoms with E-state index in [1.54, 1.807) is 6.07 Å². The van der Waals surface area contributed by atoms with E-state index in [9.17, 15) is 14.4 Å². The van der Waals surface area contributed by atoms with Gasteiger partial charge in [-0.05, 0) is 38.0 Å². The topological polar surface area (TPSA) is 81.8 Å². The Kier molecular flexibility index (Phi) is 5.10. The number of anilines is 1. The molecule has 0 aromatic heterocycles. The first-order chi connectivity index (χ1) is 13.0. The first kappa shape index (κ1) is 18.3. The van der Waals surface area contributed by atoms with Crippen LogP contribution in [-0.4, -0.2) is 71.5 Å². The van der Waals surface area contributed by atoms with Gasteiger partial charge < -0.3 is 15.5 Å². The van der Waals surface area contributed by atoms with Crippen LogP contribution in [0.25, 0.3) is 0 Å². The lowest BCUT2D eigenvalue weighted by Gasteiger charge is -2.34. The molecule has 2 fully saturated rings. The Labute approximate surface area is 162 Å². The summed E-state index contributed by atoms with van der Waals surface area (Å²) in [6, 6.07) is 5.88. The Bertz CT molecular complexity index is 772. The molecule has 3 amide bonds. The summed E-state index contributed by atoms with van der Waals surface area (Å²) in [4.78, 5) is 41.5. The van der Waals surface area contributed by atoms with E-state index >= 15 is 0 Å². The molecule has 1 aliphatic carbocycles. The van der Waals surface area contributed by atoms with Crippen LogP contribution in [0.15, 0.2) is 23.1 Å². The molecule has 4 rings (SSSR count). The average molecular weight is 388 g/mol. The van der Waals surface area contributed by atoms with Crippen LogP contribution in [-0.2, 0) is 9.59 Å². The van der Waals surface area contributed by atoms with Crippen molar-refractivity contribution in [1.82, 2.24) is 15.1 Å². The molecule has 1 atom stereocenters. The standard InChI is InChI=1S/C19H24N4O3S/c1-12-18(25)21-15-10-13(2-5-16(15)27-12)19(26)23-8-6-22(7-9-23)11-17(24)20-14-3-4-14/h2,5,10,12,14H,3-4,6-9,11H2,1H3,(H,20,24)(H,21,25)/t12-/m0/s1. The molecule has 0 radical (unpaired) electrons. The minimum Gasteiger partial charge on any atom is -0.352 e. The van der Waals surface area contributed by atoms with E-state index in [1.807, 2.05) is 24.0 Å². The molecule has 0 unspecified atom stereocenters. The van der Waals surface area contributed by atoms with Crippen molar-refractivity contribution in [1.29, 1.82) is 0 Å². The third-order valence-corrected chi connectivity index (χ3v) is 6.30. The zero-order valence-electron chi connectivity index (χ0n) is 15.4. The normalized spacial score (nSPS) is 22.8.